The molecule has 1 aromatic carbocycles. The molecule has 0 radical (unpaired) electrons. The Hall–Kier alpha value is -2.64. The summed E-state index contributed by atoms with van der Waals surface area (Å²) in [6.07, 6.45) is 0. The minimum atomic E-state index is -1.17. The zero-order chi connectivity index (χ0) is 15.4. The summed E-state index contributed by atoms with van der Waals surface area (Å²) in [5.41, 5.74) is 4.95. The molecule has 0 saturated carbocycles. The first-order valence-electron chi connectivity index (χ1n) is 5.81. The van der Waals surface area contributed by atoms with Crippen LogP contribution in [0, 0.1) is 16.0 Å². The molecule has 0 unspecified atom stereocenters. The number of benzene rings is 1. The fourth-order valence-electron chi connectivity index (χ4n) is 1.58. The van der Waals surface area contributed by atoms with E-state index in [0.717, 1.165) is 6.07 Å². The highest BCUT2D eigenvalue weighted by molar-refractivity contribution is 5.97. The van der Waals surface area contributed by atoms with Crippen LogP contribution in [0.4, 0.5) is 11.4 Å². The molecule has 4 N–H and O–H groups in total. The number of aliphatic carboxylic acids is 1. The van der Waals surface area contributed by atoms with Gasteiger partial charge in [0.2, 0.25) is 0 Å². The van der Waals surface area contributed by atoms with Gasteiger partial charge in [-0.3, -0.25) is 14.9 Å². The fraction of sp³-hybridized carbons (Fsp3) is 0.333. The number of nitrogens with zero attached hydrogens (tertiary/aromatic N) is 1. The van der Waals surface area contributed by atoms with Gasteiger partial charge < -0.3 is 16.2 Å². The molecule has 8 nitrogen and oxygen atoms in total. The number of anilines is 1. The molecule has 1 aromatic rings. The van der Waals surface area contributed by atoms with Crippen LogP contribution in [0.5, 0.6) is 0 Å². The Kier molecular flexibility index (Phi) is 4.63. The summed E-state index contributed by atoms with van der Waals surface area (Å²) in [5, 5.41) is 22.0. The van der Waals surface area contributed by atoms with Gasteiger partial charge in [-0.05, 0) is 18.1 Å². The van der Waals surface area contributed by atoms with Crippen LogP contribution in [0.3, 0.4) is 0 Å². The summed E-state index contributed by atoms with van der Waals surface area (Å²) in [6, 6.07) is 2.48. The van der Waals surface area contributed by atoms with E-state index in [9.17, 15) is 19.7 Å². The zero-order valence-corrected chi connectivity index (χ0v) is 11.0. The van der Waals surface area contributed by atoms with E-state index in [1.165, 1.54) is 12.1 Å². The predicted octanol–water partition coefficient (Wildman–Crippen LogP) is 1.02. The van der Waals surface area contributed by atoms with Gasteiger partial charge in [-0.15, -0.1) is 0 Å². The van der Waals surface area contributed by atoms with Crippen LogP contribution in [-0.4, -0.2) is 27.9 Å². The number of nitrogens with two attached hydrogens (primary N) is 1. The van der Waals surface area contributed by atoms with Crippen LogP contribution in [0.1, 0.15) is 24.2 Å². The van der Waals surface area contributed by atoms with Crippen molar-refractivity contribution in [2.75, 3.05) is 5.73 Å². The minimum absolute atomic E-state index is 0.0159. The molecule has 1 atom stereocenters. The predicted molar refractivity (Wildman–Crippen MR) is 71.2 cm³/mol. The van der Waals surface area contributed by atoms with Crippen molar-refractivity contribution in [1.29, 1.82) is 0 Å². The van der Waals surface area contributed by atoms with Crippen LogP contribution in [0.25, 0.3) is 0 Å². The highest BCUT2D eigenvalue weighted by Crippen LogP contribution is 2.22. The molecule has 1 rings (SSSR count). The quantitative estimate of drug-likeness (QED) is 0.418. The summed E-state index contributed by atoms with van der Waals surface area (Å²) >= 11 is 0. The van der Waals surface area contributed by atoms with Gasteiger partial charge in [0.1, 0.15) is 11.7 Å². The highest BCUT2D eigenvalue weighted by atomic mass is 16.6. The van der Waals surface area contributed by atoms with Crippen LogP contribution in [0.15, 0.2) is 18.2 Å². The Morgan fingerprint density at radius 3 is 2.45 bits per heavy atom. The maximum Gasteiger partial charge on any atom is 0.326 e. The van der Waals surface area contributed by atoms with E-state index in [1.54, 1.807) is 13.8 Å². The SMILES string of the molecule is CC(C)[C@@H](NC(=O)c1ccc(N)c([N+](=O)[O-])c1)C(=O)O. The number of nitro groups is 1. The van der Waals surface area contributed by atoms with Crippen molar-refractivity contribution >= 4 is 23.3 Å². The van der Waals surface area contributed by atoms with Gasteiger partial charge in [-0.25, -0.2) is 4.79 Å². The lowest BCUT2D eigenvalue weighted by molar-refractivity contribution is -0.383. The third-order valence-electron chi connectivity index (χ3n) is 2.71. The van der Waals surface area contributed by atoms with E-state index < -0.39 is 28.5 Å². The average Bonchev–Trinajstić information content (AvgIpc) is 2.34. The maximum atomic E-state index is 11.9. The lowest BCUT2D eigenvalue weighted by Crippen LogP contribution is -2.44. The summed E-state index contributed by atoms with van der Waals surface area (Å²) in [7, 11) is 0. The molecule has 0 aliphatic carbocycles. The van der Waals surface area contributed by atoms with Gasteiger partial charge in [0.15, 0.2) is 0 Å². The van der Waals surface area contributed by atoms with Crippen molar-refractivity contribution < 1.29 is 19.6 Å². The monoisotopic (exact) mass is 281 g/mol. The van der Waals surface area contributed by atoms with E-state index in [4.69, 9.17) is 10.8 Å². The Morgan fingerprint density at radius 2 is 2.00 bits per heavy atom. The van der Waals surface area contributed by atoms with E-state index in [2.05, 4.69) is 5.32 Å². The van der Waals surface area contributed by atoms with Crippen molar-refractivity contribution in [3.63, 3.8) is 0 Å². The summed E-state index contributed by atoms with van der Waals surface area (Å²) in [5.74, 6) is -2.19. The Balaban J connectivity index is 3.01. The number of rotatable bonds is 5. The second-order valence-electron chi connectivity index (χ2n) is 4.56. The highest BCUT2D eigenvalue weighted by Gasteiger charge is 2.25. The molecule has 0 saturated heterocycles. The largest absolute Gasteiger partial charge is 0.480 e. The zero-order valence-electron chi connectivity index (χ0n) is 11.0. The maximum absolute atomic E-state index is 11.9. The number of carbonyl (C=O) groups excluding carboxylic acids is 1. The molecule has 0 fully saturated rings. The standard InChI is InChI=1S/C12H15N3O5/c1-6(2)10(12(17)18)14-11(16)7-3-4-8(13)9(5-7)15(19)20/h3-6,10H,13H2,1-2H3,(H,14,16)(H,17,18)/t10-/m1/s1. The van der Waals surface area contributed by atoms with Crippen molar-refractivity contribution in [3.05, 3.63) is 33.9 Å². The summed E-state index contributed by atoms with van der Waals surface area (Å²) in [4.78, 5) is 32.9. The number of hydrogen-bond acceptors (Lipinski definition) is 5. The summed E-state index contributed by atoms with van der Waals surface area (Å²) in [6.45, 7) is 3.29. The second-order valence-corrected chi connectivity index (χ2v) is 4.56. The molecule has 1 amide bonds. The molecule has 8 heteroatoms. The average molecular weight is 281 g/mol. The molecule has 0 heterocycles. The number of nitrogen functional groups attached to an aromatic ring is 1. The molecule has 0 bridgehead atoms. The third-order valence-corrected chi connectivity index (χ3v) is 2.71. The van der Waals surface area contributed by atoms with E-state index in [-0.39, 0.29) is 17.2 Å². The van der Waals surface area contributed by atoms with Crippen LogP contribution < -0.4 is 11.1 Å². The van der Waals surface area contributed by atoms with Gasteiger partial charge in [0, 0.05) is 11.6 Å². The number of hydrogen-bond donors (Lipinski definition) is 3. The molecular weight excluding hydrogens is 266 g/mol. The summed E-state index contributed by atoms with van der Waals surface area (Å²) < 4.78 is 0. The number of carbonyl (C=O) groups is 2. The smallest absolute Gasteiger partial charge is 0.326 e. The molecule has 0 spiro atoms. The molecule has 0 aliphatic rings. The lowest BCUT2D eigenvalue weighted by atomic mass is 10.0. The van der Waals surface area contributed by atoms with Crippen molar-refractivity contribution in [3.8, 4) is 0 Å². The second kappa shape index (κ2) is 6.00. The normalized spacial score (nSPS) is 11.9. The molecule has 0 aliphatic heterocycles. The Morgan fingerprint density at radius 1 is 1.40 bits per heavy atom. The molecule has 108 valence electrons. The van der Waals surface area contributed by atoms with E-state index in [0.29, 0.717) is 0 Å². The Bertz CT molecular complexity index is 556. The van der Waals surface area contributed by atoms with Gasteiger partial charge in [0.25, 0.3) is 11.6 Å². The van der Waals surface area contributed by atoms with Crippen molar-refractivity contribution in [1.82, 2.24) is 5.32 Å². The van der Waals surface area contributed by atoms with E-state index in [1.807, 2.05) is 0 Å². The lowest BCUT2D eigenvalue weighted by Gasteiger charge is -2.17. The minimum Gasteiger partial charge on any atom is -0.480 e. The first kappa shape index (κ1) is 15.4. The number of carboxylic acids is 1. The van der Waals surface area contributed by atoms with Gasteiger partial charge in [-0.1, -0.05) is 13.8 Å². The van der Waals surface area contributed by atoms with E-state index >= 15 is 0 Å². The first-order chi connectivity index (χ1) is 9.23. The topological polar surface area (TPSA) is 136 Å². The van der Waals surface area contributed by atoms with Crippen molar-refractivity contribution in [2.45, 2.75) is 19.9 Å². The number of amides is 1. The third kappa shape index (κ3) is 3.44. The number of carboxylic acid groups (broad SMARTS) is 1. The molecule has 20 heavy (non-hydrogen) atoms. The Labute approximate surface area is 114 Å². The van der Waals surface area contributed by atoms with Crippen LogP contribution >= 0.6 is 0 Å². The molecular formula is C12H15N3O5. The van der Waals surface area contributed by atoms with Gasteiger partial charge in [-0.2, -0.15) is 0 Å². The van der Waals surface area contributed by atoms with Gasteiger partial charge in [0.05, 0.1) is 4.92 Å². The number of nitro benzene ring substituents is 1. The fourth-order valence-corrected chi connectivity index (χ4v) is 1.58. The van der Waals surface area contributed by atoms with Crippen LogP contribution in [0.2, 0.25) is 0 Å². The van der Waals surface area contributed by atoms with Gasteiger partial charge >= 0.3 is 5.97 Å². The van der Waals surface area contributed by atoms with Crippen LogP contribution in [-0.2, 0) is 4.79 Å². The van der Waals surface area contributed by atoms with Crippen molar-refractivity contribution in [2.24, 2.45) is 5.92 Å². The number of nitrogens with one attached hydrogen (secondary N) is 1. The molecule has 0 aromatic heterocycles. The first-order valence-corrected chi connectivity index (χ1v) is 5.81.